The second kappa shape index (κ2) is 10.6. The van der Waals surface area contributed by atoms with Gasteiger partial charge in [0.05, 0.1) is 30.2 Å². The molecule has 0 aliphatic carbocycles. The number of hydrogen-bond donors (Lipinski definition) is 1. The van der Waals surface area contributed by atoms with Gasteiger partial charge in [0.2, 0.25) is 5.91 Å². The van der Waals surface area contributed by atoms with Crippen molar-refractivity contribution in [2.24, 2.45) is 0 Å². The predicted molar refractivity (Wildman–Crippen MR) is 116 cm³/mol. The van der Waals surface area contributed by atoms with E-state index in [1.54, 1.807) is 12.1 Å². The zero-order valence-corrected chi connectivity index (χ0v) is 18.2. The number of nitrogens with zero attached hydrogens (tertiary/aromatic N) is 2. The molecule has 0 radical (unpaired) electrons. The molecule has 1 atom stereocenters. The van der Waals surface area contributed by atoms with E-state index < -0.39 is 23.3 Å². The summed E-state index contributed by atoms with van der Waals surface area (Å²) in [5.74, 6) is -1.04. The number of methoxy groups -OCH3 is 1. The number of esters is 1. The maximum absolute atomic E-state index is 13.7. The van der Waals surface area contributed by atoms with Gasteiger partial charge in [-0.2, -0.15) is 0 Å². The number of halogens is 1. The van der Waals surface area contributed by atoms with Crippen LogP contribution in [-0.4, -0.2) is 49.7 Å². The first kappa shape index (κ1) is 23.8. The van der Waals surface area contributed by atoms with Crippen LogP contribution in [0.2, 0.25) is 0 Å². The number of nitro benzene ring substituents is 1. The van der Waals surface area contributed by atoms with Gasteiger partial charge in [0.15, 0.2) is 12.4 Å². The largest absolute Gasteiger partial charge is 0.489 e. The van der Waals surface area contributed by atoms with Crippen molar-refractivity contribution in [1.29, 1.82) is 0 Å². The lowest BCUT2D eigenvalue weighted by Gasteiger charge is -2.38. The van der Waals surface area contributed by atoms with Gasteiger partial charge in [-0.05, 0) is 30.7 Å². The highest BCUT2D eigenvalue weighted by Gasteiger charge is 2.30. The topological polar surface area (TPSA) is 120 Å². The van der Waals surface area contributed by atoms with Crippen LogP contribution >= 0.6 is 0 Å². The fourth-order valence-electron chi connectivity index (χ4n) is 3.50. The van der Waals surface area contributed by atoms with Crippen LogP contribution in [0.4, 0.5) is 15.8 Å². The molecular weight excluding hydrogens is 437 g/mol. The first-order chi connectivity index (χ1) is 15.8. The molecule has 1 heterocycles. The third-order valence-corrected chi connectivity index (χ3v) is 5.04. The van der Waals surface area contributed by atoms with Gasteiger partial charge < -0.3 is 24.4 Å². The van der Waals surface area contributed by atoms with Gasteiger partial charge in [-0.15, -0.1) is 0 Å². The Kier molecular flexibility index (Phi) is 7.65. The second-order valence-electron chi connectivity index (χ2n) is 7.29. The van der Waals surface area contributed by atoms with Crippen molar-refractivity contribution < 1.29 is 33.1 Å². The zero-order valence-electron chi connectivity index (χ0n) is 18.2. The van der Waals surface area contributed by atoms with E-state index in [0.29, 0.717) is 23.5 Å². The minimum Gasteiger partial charge on any atom is -0.489 e. The van der Waals surface area contributed by atoms with Crippen LogP contribution in [-0.2, 0) is 20.9 Å². The van der Waals surface area contributed by atoms with Crippen molar-refractivity contribution in [3.8, 4) is 11.5 Å². The molecule has 0 spiro atoms. The number of ether oxygens (including phenoxy) is 3. The summed E-state index contributed by atoms with van der Waals surface area (Å²) in [6.45, 7) is 2.18. The number of carbonyl (C=O) groups is 2. The molecule has 3 rings (SSSR count). The molecule has 1 aliphatic heterocycles. The molecule has 33 heavy (non-hydrogen) atoms. The molecule has 0 aromatic heterocycles. The molecule has 1 aliphatic rings. The number of fused-ring (bicyclic) bond motifs is 1. The van der Waals surface area contributed by atoms with Crippen molar-refractivity contribution in [3.63, 3.8) is 0 Å². The molecule has 0 fully saturated rings. The summed E-state index contributed by atoms with van der Waals surface area (Å²) in [6, 6.07) is 8.10. The summed E-state index contributed by atoms with van der Waals surface area (Å²) in [5, 5.41) is 14.3. The van der Waals surface area contributed by atoms with E-state index in [-0.39, 0.29) is 43.0 Å². The average molecular weight is 461 g/mol. The van der Waals surface area contributed by atoms with Crippen LogP contribution in [0.3, 0.4) is 0 Å². The Morgan fingerprint density at radius 3 is 2.79 bits per heavy atom. The number of rotatable bonds is 9. The molecule has 11 heteroatoms. The van der Waals surface area contributed by atoms with Crippen molar-refractivity contribution in [1.82, 2.24) is 5.32 Å². The second-order valence-corrected chi connectivity index (χ2v) is 7.29. The molecule has 2 aromatic rings. The number of nitro groups is 1. The van der Waals surface area contributed by atoms with E-state index in [9.17, 15) is 24.1 Å². The van der Waals surface area contributed by atoms with Gasteiger partial charge in [0, 0.05) is 25.2 Å². The highest BCUT2D eigenvalue weighted by atomic mass is 19.1. The van der Waals surface area contributed by atoms with Crippen LogP contribution in [0.1, 0.15) is 18.9 Å². The van der Waals surface area contributed by atoms with Gasteiger partial charge in [0.25, 0.3) is 0 Å². The smallest absolute Gasteiger partial charge is 0.343 e. The summed E-state index contributed by atoms with van der Waals surface area (Å²) in [6.07, 6.45) is 0.132. The van der Waals surface area contributed by atoms with Gasteiger partial charge in [-0.3, -0.25) is 14.9 Å². The fourth-order valence-corrected chi connectivity index (χ4v) is 3.50. The number of anilines is 1. The van der Waals surface area contributed by atoms with Crippen molar-refractivity contribution in [2.45, 2.75) is 25.9 Å². The molecule has 2 aromatic carbocycles. The first-order valence-electron chi connectivity index (χ1n) is 10.2. The lowest BCUT2D eigenvalue weighted by atomic mass is 10.1. The lowest BCUT2D eigenvalue weighted by molar-refractivity contribution is -0.385. The third kappa shape index (κ3) is 5.88. The Hall–Kier alpha value is -3.89. The summed E-state index contributed by atoms with van der Waals surface area (Å²) >= 11 is 0. The van der Waals surface area contributed by atoms with Crippen molar-refractivity contribution in [2.75, 3.05) is 31.8 Å². The van der Waals surface area contributed by atoms with E-state index in [4.69, 9.17) is 9.47 Å². The number of benzene rings is 2. The lowest BCUT2D eigenvalue weighted by Crippen LogP contribution is -2.45. The Labute approximate surface area is 189 Å². The van der Waals surface area contributed by atoms with Crippen LogP contribution in [0, 0.1) is 15.9 Å². The number of nitrogens with one attached hydrogen (secondary N) is 1. The SMILES string of the molecule is CCNC(=O)C[C@H]1COc2cc(F)ccc2N1Cc1ccc(OCC(=O)OC)c([N+](=O)[O-])c1. The zero-order chi connectivity index (χ0) is 24.0. The van der Waals surface area contributed by atoms with Gasteiger partial charge in [0.1, 0.15) is 18.2 Å². The molecule has 1 N–H and O–H groups in total. The summed E-state index contributed by atoms with van der Waals surface area (Å²) in [5.41, 5.74) is 0.820. The normalized spacial score (nSPS) is 14.6. The standard InChI is InChI=1S/C22H24FN3O7/c1-3-24-21(27)10-16-12-32-20-9-15(23)5-6-17(20)25(16)11-14-4-7-19(18(8-14)26(29)30)33-13-22(28)31-2/h4-9,16H,3,10-13H2,1-2H3,(H,24,27)/t16-/m0/s1. The third-order valence-electron chi connectivity index (χ3n) is 5.04. The average Bonchev–Trinajstić information content (AvgIpc) is 2.79. The minimum absolute atomic E-state index is 0.0718. The minimum atomic E-state index is -0.668. The highest BCUT2D eigenvalue weighted by Crippen LogP contribution is 2.37. The number of amides is 1. The van der Waals surface area contributed by atoms with Crippen LogP contribution in [0.15, 0.2) is 36.4 Å². The fraction of sp³-hybridized carbons (Fsp3) is 0.364. The Bertz CT molecular complexity index is 1050. The van der Waals surface area contributed by atoms with Crippen LogP contribution < -0.4 is 19.7 Å². The number of carbonyl (C=O) groups excluding carboxylic acids is 2. The van der Waals surface area contributed by atoms with Gasteiger partial charge >= 0.3 is 11.7 Å². The molecule has 0 saturated carbocycles. The Morgan fingerprint density at radius 1 is 1.30 bits per heavy atom. The highest BCUT2D eigenvalue weighted by molar-refractivity contribution is 5.77. The Morgan fingerprint density at radius 2 is 2.09 bits per heavy atom. The van der Waals surface area contributed by atoms with Gasteiger partial charge in [-0.25, -0.2) is 9.18 Å². The van der Waals surface area contributed by atoms with Gasteiger partial charge in [-0.1, -0.05) is 6.07 Å². The van der Waals surface area contributed by atoms with E-state index in [2.05, 4.69) is 10.1 Å². The molecule has 0 bridgehead atoms. The first-order valence-corrected chi connectivity index (χ1v) is 10.2. The predicted octanol–water partition coefficient (Wildman–Crippen LogP) is 2.58. The van der Waals surface area contributed by atoms with E-state index in [1.807, 2.05) is 11.8 Å². The summed E-state index contributed by atoms with van der Waals surface area (Å²) in [7, 11) is 1.19. The molecule has 0 saturated heterocycles. The molecule has 0 unspecified atom stereocenters. The van der Waals surface area contributed by atoms with E-state index >= 15 is 0 Å². The maximum atomic E-state index is 13.7. The quantitative estimate of drug-likeness (QED) is 0.344. The maximum Gasteiger partial charge on any atom is 0.343 e. The summed E-state index contributed by atoms with van der Waals surface area (Å²) < 4.78 is 29.1. The summed E-state index contributed by atoms with van der Waals surface area (Å²) in [4.78, 5) is 36.4. The van der Waals surface area contributed by atoms with E-state index in [0.717, 1.165) is 0 Å². The molecule has 176 valence electrons. The monoisotopic (exact) mass is 461 g/mol. The Balaban J connectivity index is 1.90. The molecule has 1 amide bonds. The molecule has 10 nitrogen and oxygen atoms in total. The van der Waals surface area contributed by atoms with Crippen molar-refractivity contribution in [3.05, 3.63) is 57.9 Å². The van der Waals surface area contributed by atoms with Crippen LogP contribution in [0.5, 0.6) is 11.5 Å². The molecular formula is C22H24FN3O7. The van der Waals surface area contributed by atoms with E-state index in [1.165, 1.54) is 31.4 Å². The number of hydrogen-bond acceptors (Lipinski definition) is 8. The van der Waals surface area contributed by atoms with Crippen LogP contribution in [0.25, 0.3) is 0 Å². The van der Waals surface area contributed by atoms with Crippen molar-refractivity contribution >= 4 is 23.3 Å².